The number of ether oxygens (including phenoxy) is 1. The van der Waals surface area contributed by atoms with E-state index in [1.165, 1.54) is 12.1 Å². The Morgan fingerprint density at radius 1 is 0.969 bits per heavy atom. The molecule has 2 aromatic carbocycles. The van der Waals surface area contributed by atoms with E-state index in [0.717, 1.165) is 51.2 Å². The topological polar surface area (TPSA) is 92.6 Å². The molecule has 3 heterocycles. The van der Waals surface area contributed by atoms with Gasteiger partial charge in [0.2, 0.25) is 0 Å². The highest BCUT2D eigenvalue weighted by atomic mass is 19.4. The Morgan fingerprint density at radius 2 is 1.75 bits per heavy atom. The molecule has 0 saturated heterocycles. The fraction of sp³-hybridized carbons (Fsp3) is 0.130. The number of hydrogen-bond acceptors (Lipinski definition) is 4. The van der Waals surface area contributed by atoms with Gasteiger partial charge < -0.3 is 20.4 Å². The van der Waals surface area contributed by atoms with Gasteiger partial charge in [0.05, 0.1) is 5.56 Å². The van der Waals surface area contributed by atoms with Crippen molar-refractivity contribution in [1.82, 2.24) is 19.9 Å². The fourth-order valence-electron chi connectivity index (χ4n) is 3.65. The number of aryl methyl sites for hydroxylation is 1. The molecule has 162 valence electrons. The van der Waals surface area contributed by atoms with Crippen LogP contribution in [0.3, 0.4) is 0 Å². The van der Waals surface area contributed by atoms with Gasteiger partial charge in [-0.3, -0.25) is 0 Å². The van der Waals surface area contributed by atoms with E-state index in [1.807, 2.05) is 31.2 Å². The number of benzene rings is 2. The van der Waals surface area contributed by atoms with E-state index in [2.05, 4.69) is 19.9 Å². The number of aromatic amines is 2. The summed E-state index contributed by atoms with van der Waals surface area (Å²) >= 11 is 0. The zero-order valence-electron chi connectivity index (χ0n) is 16.9. The van der Waals surface area contributed by atoms with Gasteiger partial charge in [0, 0.05) is 22.2 Å². The average Bonchev–Trinajstić information content (AvgIpc) is 3.33. The number of nitrogens with zero attached hydrogens (tertiary/aromatic N) is 2. The summed E-state index contributed by atoms with van der Waals surface area (Å²) in [6.07, 6.45) is -4.37. The van der Waals surface area contributed by atoms with Crippen LogP contribution in [-0.2, 0) is 12.8 Å². The third kappa shape index (κ3) is 3.73. The van der Waals surface area contributed by atoms with Gasteiger partial charge in [-0.1, -0.05) is 6.07 Å². The summed E-state index contributed by atoms with van der Waals surface area (Å²) in [6.45, 7) is 2.09. The fourth-order valence-corrected chi connectivity index (χ4v) is 3.65. The molecule has 0 fully saturated rings. The third-order valence-corrected chi connectivity index (χ3v) is 5.15. The van der Waals surface area contributed by atoms with Crippen LogP contribution in [0, 0.1) is 6.92 Å². The number of H-pyrrole nitrogens is 2. The number of fused-ring (bicyclic) bond motifs is 2. The lowest BCUT2D eigenvalue weighted by molar-refractivity contribution is -0.137. The molecule has 0 aliphatic rings. The van der Waals surface area contributed by atoms with Crippen molar-refractivity contribution < 1.29 is 17.9 Å². The molecule has 5 aromatic rings. The predicted octanol–water partition coefficient (Wildman–Crippen LogP) is 5.59. The number of aromatic nitrogens is 4. The number of imidazole rings is 1. The quantitative estimate of drug-likeness (QED) is 0.342. The number of nitrogens with one attached hydrogen (secondary N) is 2. The average molecular weight is 437 g/mol. The van der Waals surface area contributed by atoms with Crippen molar-refractivity contribution in [1.29, 1.82) is 0 Å². The van der Waals surface area contributed by atoms with Gasteiger partial charge in [-0.2, -0.15) is 13.2 Å². The van der Waals surface area contributed by atoms with Crippen LogP contribution in [-0.4, -0.2) is 19.9 Å². The van der Waals surface area contributed by atoms with Crippen molar-refractivity contribution in [2.45, 2.75) is 19.7 Å². The number of pyridine rings is 1. The second-order valence-corrected chi connectivity index (χ2v) is 7.53. The maximum Gasteiger partial charge on any atom is 0.416 e. The second kappa shape index (κ2) is 7.30. The summed E-state index contributed by atoms with van der Waals surface area (Å²) < 4.78 is 43.7. The van der Waals surface area contributed by atoms with Gasteiger partial charge in [-0.25, -0.2) is 9.97 Å². The number of anilines is 1. The molecule has 32 heavy (non-hydrogen) atoms. The molecular formula is C23H18F3N5O. The van der Waals surface area contributed by atoms with E-state index in [1.54, 1.807) is 6.07 Å². The third-order valence-electron chi connectivity index (χ3n) is 5.15. The maximum absolute atomic E-state index is 12.7. The molecule has 0 spiro atoms. The number of halogens is 3. The van der Waals surface area contributed by atoms with E-state index in [-0.39, 0.29) is 6.61 Å². The van der Waals surface area contributed by atoms with Crippen LogP contribution in [0.4, 0.5) is 19.0 Å². The van der Waals surface area contributed by atoms with E-state index in [9.17, 15) is 13.2 Å². The minimum atomic E-state index is -4.37. The highest BCUT2D eigenvalue weighted by Crippen LogP contribution is 2.32. The van der Waals surface area contributed by atoms with Crippen molar-refractivity contribution >= 4 is 27.9 Å². The van der Waals surface area contributed by atoms with Crippen LogP contribution < -0.4 is 10.5 Å². The van der Waals surface area contributed by atoms with Crippen molar-refractivity contribution in [3.8, 4) is 17.0 Å². The summed E-state index contributed by atoms with van der Waals surface area (Å²) in [6, 6.07) is 14.2. The first-order chi connectivity index (χ1) is 15.3. The SMILES string of the molecule is Cc1nc2c(-c3cc4cc(COc5ccc(C(F)(F)F)cc5)ccc4[nH]3)cc(N)nc2[nH]1. The van der Waals surface area contributed by atoms with E-state index >= 15 is 0 Å². The first kappa shape index (κ1) is 19.9. The molecule has 0 aliphatic carbocycles. The molecule has 0 saturated carbocycles. The normalized spacial score (nSPS) is 12.0. The smallest absolute Gasteiger partial charge is 0.416 e. The Hall–Kier alpha value is -4.01. The van der Waals surface area contributed by atoms with Crippen LogP contribution >= 0.6 is 0 Å². The molecule has 6 nitrogen and oxygen atoms in total. The van der Waals surface area contributed by atoms with Gasteiger partial charge in [0.15, 0.2) is 5.65 Å². The second-order valence-electron chi connectivity index (χ2n) is 7.53. The zero-order valence-corrected chi connectivity index (χ0v) is 16.9. The summed E-state index contributed by atoms with van der Waals surface area (Å²) in [4.78, 5) is 15.3. The molecule has 4 N–H and O–H groups in total. The Kier molecular flexibility index (Phi) is 4.54. The van der Waals surface area contributed by atoms with Gasteiger partial charge in [0.25, 0.3) is 0 Å². The van der Waals surface area contributed by atoms with Crippen LogP contribution in [0.15, 0.2) is 54.6 Å². The first-order valence-corrected chi connectivity index (χ1v) is 9.81. The lowest BCUT2D eigenvalue weighted by atomic mass is 10.1. The number of alkyl halides is 3. The molecule has 0 atom stereocenters. The highest BCUT2D eigenvalue weighted by Gasteiger charge is 2.30. The molecule has 3 aromatic heterocycles. The zero-order chi connectivity index (χ0) is 22.5. The molecule has 9 heteroatoms. The lowest BCUT2D eigenvalue weighted by Crippen LogP contribution is -2.04. The Labute approximate surface area is 180 Å². The number of nitrogen functional groups attached to an aromatic ring is 1. The Balaban J connectivity index is 1.40. The molecule has 5 rings (SSSR count). The largest absolute Gasteiger partial charge is 0.489 e. The van der Waals surface area contributed by atoms with Crippen LogP contribution in [0.5, 0.6) is 5.75 Å². The highest BCUT2D eigenvalue weighted by molar-refractivity contribution is 5.95. The number of nitrogens with two attached hydrogens (primary N) is 1. The summed E-state index contributed by atoms with van der Waals surface area (Å²) in [5.41, 5.74) is 10.1. The molecule has 0 radical (unpaired) electrons. The minimum absolute atomic E-state index is 0.229. The monoisotopic (exact) mass is 437 g/mol. The Bertz CT molecular complexity index is 1430. The summed E-state index contributed by atoms with van der Waals surface area (Å²) in [5, 5.41) is 0.962. The van der Waals surface area contributed by atoms with Crippen molar-refractivity contribution in [3.63, 3.8) is 0 Å². The van der Waals surface area contributed by atoms with E-state index in [4.69, 9.17) is 10.5 Å². The molecule has 0 amide bonds. The van der Waals surface area contributed by atoms with Gasteiger partial charge in [-0.05, 0) is 61.0 Å². The van der Waals surface area contributed by atoms with Crippen LogP contribution in [0.2, 0.25) is 0 Å². The van der Waals surface area contributed by atoms with Gasteiger partial charge in [0.1, 0.15) is 29.5 Å². The van der Waals surface area contributed by atoms with E-state index < -0.39 is 11.7 Å². The molecule has 0 bridgehead atoms. The standard InChI is InChI=1S/C23H18F3N5O/c1-12-28-21-17(10-20(27)31-22(21)29-12)19-9-14-8-13(2-7-18(14)30-19)11-32-16-5-3-15(4-6-16)23(24,25)26/h2-10,30H,11H2,1H3,(H3,27,28,29,31). The molecular weight excluding hydrogens is 419 g/mol. The molecule has 0 unspecified atom stereocenters. The lowest BCUT2D eigenvalue weighted by Gasteiger charge is -2.09. The molecule has 0 aliphatic heterocycles. The number of hydrogen-bond donors (Lipinski definition) is 3. The van der Waals surface area contributed by atoms with Crippen LogP contribution in [0.25, 0.3) is 33.3 Å². The van der Waals surface area contributed by atoms with Crippen LogP contribution in [0.1, 0.15) is 17.0 Å². The number of rotatable bonds is 4. The first-order valence-electron chi connectivity index (χ1n) is 9.81. The summed E-state index contributed by atoms with van der Waals surface area (Å²) in [7, 11) is 0. The van der Waals surface area contributed by atoms with Crippen molar-refractivity contribution in [3.05, 3.63) is 71.5 Å². The minimum Gasteiger partial charge on any atom is -0.489 e. The predicted molar refractivity (Wildman–Crippen MR) is 116 cm³/mol. The summed E-state index contributed by atoms with van der Waals surface area (Å²) in [5.74, 6) is 1.51. The maximum atomic E-state index is 12.7. The Morgan fingerprint density at radius 3 is 2.50 bits per heavy atom. The van der Waals surface area contributed by atoms with Crippen molar-refractivity contribution in [2.24, 2.45) is 0 Å². The van der Waals surface area contributed by atoms with Gasteiger partial charge in [-0.15, -0.1) is 0 Å². The van der Waals surface area contributed by atoms with E-state index in [0.29, 0.717) is 17.2 Å². The van der Waals surface area contributed by atoms with Crippen molar-refractivity contribution in [2.75, 3.05) is 5.73 Å². The van der Waals surface area contributed by atoms with Gasteiger partial charge >= 0.3 is 6.18 Å².